The van der Waals surface area contributed by atoms with Crippen LogP contribution < -0.4 is 5.32 Å². The Balaban J connectivity index is 2.11. The van der Waals surface area contributed by atoms with Crippen molar-refractivity contribution in [2.45, 2.75) is 36.1 Å². The Morgan fingerprint density at radius 1 is 1.45 bits per heavy atom. The maximum Gasteiger partial charge on any atom is 0.338 e. The fraction of sp³-hybridized carbons (Fsp3) is 0.615. The summed E-state index contributed by atoms with van der Waals surface area (Å²) in [5.41, 5.74) is 0.555. The Bertz CT molecular complexity index is 698. The molecule has 0 unspecified atom stereocenters. The highest BCUT2D eigenvalue weighted by Gasteiger charge is 2.40. The number of rotatable bonds is 4. The molecule has 1 atom stereocenters. The van der Waals surface area contributed by atoms with Crippen molar-refractivity contribution in [2.24, 2.45) is 0 Å². The number of thiophene rings is 1. The van der Waals surface area contributed by atoms with E-state index in [1.165, 1.54) is 4.31 Å². The average molecular weight is 346 g/mol. The third-order valence-corrected chi connectivity index (χ3v) is 7.87. The highest BCUT2D eigenvalue weighted by molar-refractivity contribution is 7.91. The summed E-state index contributed by atoms with van der Waals surface area (Å²) < 4.78 is 26.9. The van der Waals surface area contributed by atoms with E-state index in [9.17, 15) is 23.4 Å². The Morgan fingerprint density at radius 2 is 2.23 bits per heavy atom. The topological polar surface area (TPSA) is 107 Å². The van der Waals surface area contributed by atoms with E-state index in [2.05, 4.69) is 5.32 Å². The molecule has 22 heavy (non-hydrogen) atoms. The minimum absolute atomic E-state index is 0.0786. The summed E-state index contributed by atoms with van der Waals surface area (Å²) in [5, 5.41) is 22.0. The monoisotopic (exact) mass is 346 g/mol. The Morgan fingerprint density at radius 3 is 2.91 bits per heavy atom. The first kappa shape index (κ1) is 15.9. The van der Waals surface area contributed by atoms with Gasteiger partial charge in [-0.05, 0) is 31.4 Å². The zero-order chi connectivity index (χ0) is 15.9. The van der Waals surface area contributed by atoms with Gasteiger partial charge in [-0.25, -0.2) is 13.2 Å². The van der Waals surface area contributed by atoms with Crippen LogP contribution >= 0.6 is 11.3 Å². The smallest absolute Gasteiger partial charge is 0.338 e. The molecule has 9 heteroatoms. The molecule has 1 aromatic heterocycles. The normalized spacial score (nSPS) is 22.7. The summed E-state index contributed by atoms with van der Waals surface area (Å²) in [7, 11) is -3.89. The largest absolute Gasteiger partial charge is 0.478 e. The number of nitrogens with one attached hydrogen (secondary N) is 1. The molecular formula is C13H18N2O5S2. The van der Waals surface area contributed by atoms with E-state index in [4.69, 9.17) is 0 Å². The Kier molecular flexibility index (Phi) is 4.25. The van der Waals surface area contributed by atoms with E-state index >= 15 is 0 Å². The lowest BCUT2D eigenvalue weighted by molar-refractivity contribution is 0.0692. The van der Waals surface area contributed by atoms with Gasteiger partial charge in [0.05, 0.1) is 12.2 Å². The molecule has 7 nitrogen and oxygen atoms in total. The SMILES string of the molecule is O=C(O)c1c(S(=O)(=O)N2CCC[C@H]2CO)sc2c1CCNC2. The van der Waals surface area contributed by atoms with Crippen molar-refractivity contribution < 1.29 is 23.4 Å². The summed E-state index contributed by atoms with van der Waals surface area (Å²) in [6.07, 6.45) is 1.80. The van der Waals surface area contributed by atoms with Crippen LogP contribution in [0.2, 0.25) is 0 Å². The van der Waals surface area contributed by atoms with Crippen molar-refractivity contribution in [2.75, 3.05) is 19.7 Å². The quantitative estimate of drug-likeness (QED) is 0.721. The molecule has 0 spiro atoms. The van der Waals surface area contributed by atoms with Crippen molar-refractivity contribution in [1.82, 2.24) is 9.62 Å². The second-order valence-corrected chi connectivity index (χ2v) is 8.68. The minimum atomic E-state index is -3.89. The summed E-state index contributed by atoms with van der Waals surface area (Å²) in [6, 6.07) is -0.455. The maximum atomic E-state index is 12.9. The molecule has 1 saturated heterocycles. The number of fused-ring (bicyclic) bond motifs is 1. The fourth-order valence-electron chi connectivity index (χ4n) is 3.12. The molecule has 2 aliphatic heterocycles. The molecule has 0 aliphatic carbocycles. The molecule has 1 aromatic rings. The van der Waals surface area contributed by atoms with Crippen molar-refractivity contribution >= 4 is 27.3 Å². The Hall–Kier alpha value is -1.00. The molecule has 3 heterocycles. The highest BCUT2D eigenvalue weighted by Crippen LogP contribution is 2.37. The first-order valence-electron chi connectivity index (χ1n) is 7.18. The molecule has 0 aromatic carbocycles. The van der Waals surface area contributed by atoms with Crippen molar-refractivity contribution in [3.8, 4) is 0 Å². The van der Waals surface area contributed by atoms with Crippen molar-refractivity contribution in [3.63, 3.8) is 0 Å². The maximum absolute atomic E-state index is 12.9. The average Bonchev–Trinajstić information content (AvgIpc) is 3.11. The van der Waals surface area contributed by atoms with Gasteiger partial charge in [0.25, 0.3) is 10.0 Å². The lowest BCUT2D eigenvalue weighted by atomic mass is 10.1. The van der Waals surface area contributed by atoms with E-state index in [0.717, 1.165) is 16.2 Å². The molecule has 0 radical (unpaired) electrons. The first-order chi connectivity index (χ1) is 10.5. The highest BCUT2D eigenvalue weighted by atomic mass is 32.2. The molecule has 0 saturated carbocycles. The van der Waals surface area contributed by atoms with Gasteiger partial charge in [-0.15, -0.1) is 11.3 Å². The van der Waals surface area contributed by atoms with Crippen LogP contribution in [0.25, 0.3) is 0 Å². The number of carbonyl (C=O) groups is 1. The van der Waals surface area contributed by atoms with Crippen LogP contribution in [0.4, 0.5) is 0 Å². The van der Waals surface area contributed by atoms with E-state index in [0.29, 0.717) is 44.5 Å². The number of carboxylic acid groups (broad SMARTS) is 1. The molecule has 2 aliphatic rings. The number of hydrogen-bond acceptors (Lipinski definition) is 6. The van der Waals surface area contributed by atoms with Crippen LogP contribution in [-0.4, -0.2) is 54.6 Å². The van der Waals surface area contributed by atoms with Gasteiger partial charge in [0.1, 0.15) is 4.21 Å². The lowest BCUT2D eigenvalue weighted by Gasteiger charge is -2.22. The molecule has 122 valence electrons. The van der Waals surface area contributed by atoms with Gasteiger partial charge in [-0.1, -0.05) is 0 Å². The Labute approximate surface area is 132 Å². The van der Waals surface area contributed by atoms with Crippen molar-refractivity contribution in [1.29, 1.82) is 0 Å². The molecule has 0 bridgehead atoms. The fourth-order valence-corrected chi connectivity index (χ4v) is 6.79. The predicted molar refractivity (Wildman–Crippen MR) is 80.7 cm³/mol. The van der Waals surface area contributed by atoms with Crippen LogP contribution in [0.1, 0.15) is 33.6 Å². The molecule has 1 fully saturated rings. The third-order valence-electron chi connectivity index (χ3n) is 4.19. The van der Waals surface area contributed by atoms with Gasteiger partial charge in [0.2, 0.25) is 0 Å². The van der Waals surface area contributed by atoms with Crippen LogP contribution in [0.3, 0.4) is 0 Å². The van der Waals surface area contributed by atoms with Gasteiger partial charge in [-0.2, -0.15) is 4.31 Å². The number of hydrogen-bond donors (Lipinski definition) is 3. The molecule has 0 amide bonds. The van der Waals surface area contributed by atoms with E-state index < -0.39 is 22.0 Å². The lowest BCUT2D eigenvalue weighted by Crippen LogP contribution is -2.37. The zero-order valence-electron chi connectivity index (χ0n) is 11.9. The molecule has 3 rings (SSSR count). The predicted octanol–water partition coefficient (Wildman–Crippen LogP) is 0.237. The second kappa shape index (κ2) is 5.89. The van der Waals surface area contributed by atoms with Crippen LogP contribution in [0.5, 0.6) is 0 Å². The van der Waals surface area contributed by atoms with E-state index in [-0.39, 0.29) is 16.4 Å². The number of sulfonamides is 1. The van der Waals surface area contributed by atoms with Crippen molar-refractivity contribution in [3.05, 3.63) is 16.0 Å². The van der Waals surface area contributed by atoms with Gasteiger partial charge < -0.3 is 15.5 Å². The van der Waals surface area contributed by atoms with Gasteiger partial charge in [0, 0.05) is 24.0 Å². The van der Waals surface area contributed by atoms with Gasteiger partial charge >= 0.3 is 5.97 Å². The standard InChI is InChI=1S/C13H18N2O5S2/c16-7-8-2-1-5-15(8)22(19,20)13-11(12(17)18)9-3-4-14-6-10(9)21-13/h8,14,16H,1-7H2,(H,17,18)/t8-/m0/s1. The summed E-state index contributed by atoms with van der Waals surface area (Å²) in [6.45, 7) is 1.23. The number of aromatic carboxylic acids is 1. The van der Waals surface area contributed by atoms with E-state index in [1.54, 1.807) is 0 Å². The van der Waals surface area contributed by atoms with Crippen LogP contribution in [0.15, 0.2) is 4.21 Å². The van der Waals surface area contributed by atoms with Gasteiger partial charge in [-0.3, -0.25) is 0 Å². The number of aliphatic hydroxyl groups excluding tert-OH is 1. The van der Waals surface area contributed by atoms with E-state index in [1.807, 2.05) is 0 Å². The van der Waals surface area contributed by atoms with Gasteiger partial charge in [0.15, 0.2) is 0 Å². The molecular weight excluding hydrogens is 328 g/mol. The number of aliphatic hydroxyl groups is 1. The van der Waals surface area contributed by atoms with Crippen LogP contribution in [-0.2, 0) is 23.0 Å². The summed E-state index contributed by atoms with van der Waals surface area (Å²) in [5.74, 6) is -1.20. The second-order valence-electron chi connectivity index (χ2n) is 5.49. The minimum Gasteiger partial charge on any atom is -0.478 e. The number of carboxylic acids is 1. The molecule has 3 N–H and O–H groups in total. The summed E-state index contributed by atoms with van der Waals surface area (Å²) >= 11 is 1.04. The zero-order valence-corrected chi connectivity index (χ0v) is 13.5. The third kappa shape index (κ3) is 2.46. The summed E-state index contributed by atoms with van der Waals surface area (Å²) in [4.78, 5) is 12.4. The first-order valence-corrected chi connectivity index (χ1v) is 9.43. The number of nitrogens with zero attached hydrogens (tertiary/aromatic N) is 1. The van der Waals surface area contributed by atoms with Crippen LogP contribution in [0, 0.1) is 0 Å².